The Labute approximate surface area is 134 Å². The molecule has 0 aliphatic rings. The lowest BCUT2D eigenvalue weighted by molar-refractivity contribution is 0.0343. The van der Waals surface area contributed by atoms with Gasteiger partial charge in [0.05, 0.1) is 13.2 Å². The van der Waals surface area contributed by atoms with Crippen molar-refractivity contribution in [3.63, 3.8) is 0 Å². The summed E-state index contributed by atoms with van der Waals surface area (Å²) in [5.41, 5.74) is 1.19. The topological polar surface area (TPSA) is 26.3 Å². The summed E-state index contributed by atoms with van der Waals surface area (Å²) in [5, 5.41) is 0. The zero-order valence-electron chi connectivity index (χ0n) is 14.3. The Morgan fingerprint density at radius 1 is 1.09 bits per heavy atom. The molecule has 0 N–H and O–H groups in total. The van der Waals surface area contributed by atoms with E-state index in [1.165, 1.54) is 0 Å². The molecule has 0 radical (unpaired) electrons. The minimum atomic E-state index is -0.828. The average Bonchev–Trinajstić information content (AvgIpc) is 2.62. The second kappa shape index (κ2) is 7.90. The van der Waals surface area contributed by atoms with Crippen LogP contribution < -0.4 is 0 Å². The van der Waals surface area contributed by atoms with Gasteiger partial charge in [-0.25, -0.2) is 0 Å². The fraction of sp³-hybridized carbons (Fsp3) is 0.350. The summed E-state index contributed by atoms with van der Waals surface area (Å²) in [4.78, 5) is 12.5. The van der Waals surface area contributed by atoms with Gasteiger partial charge in [0.15, 0.2) is 5.78 Å². The Kier molecular flexibility index (Phi) is 5.38. The quantitative estimate of drug-likeness (QED) is 0.648. The molecular formula is C20H24O2. The maximum atomic E-state index is 12.5. The van der Waals surface area contributed by atoms with E-state index < -0.39 is 11.8 Å². The predicted molar refractivity (Wildman–Crippen MR) is 89.9 cm³/mol. The molecule has 0 heterocycles. The van der Waals surface area contributed by atoms with Gasteiger partial charge in [0.1, 0.15) is 0 Å². The van der Waals surface area contributed by atoms with Crippen LogP contribution in [0.25, 0.3) is 0 Å². The van der Waals surface area contributed by atoms with Crippen molar-refractivity contribution in [1.82, 2.24) is 0 Å². The third-order valence-corrected chi connectivity index (χ3v) is 3.89. The zero-order valence-corrected chi connectivity index (χ0v) is 13.3. The molecule has 2 heteroatoms. The number of carbonyl (C=O) groups excluding carboxylic acids is 1. The van der Waals surface area contributed by atoms with E-state index in [1.807, 2.05) is 62.4 Å². The third kappa shape index (κ3) is 4.81. The maximum absolute atomic E-state index is 12.5. The number of hydrogen-bond donors (Lipinski definition) is 0. The first-order valence-corrected chi connectivity index (χ1v) is 7.70. The number of ketones is 1. The summed E-state index contributed by atoms with van der Waals surface area (Å²) in [7, 11) is 0. The van der Waals surface area contributed by atoms with E-state index in [4.69, 9.17) is 6.11 Å². The van der Waals surface area contributed by atoms with E-state index in [0.29, 0.717) is 25.2 Å². The predicted octanol–water partition coefficient (Wildman–Crippen LogP) is 4.89. The van der Waals surface area contributed by atoms with Crippen LogP contribution >= 0.6 is 0 Å². The van der Waals surface area contributed by atoms with Crippen molar-refractivity contribution in [3.8, 4) is 0 Å². The van der Waals surface area contributed by atoms with Crippen molar-refractivity contribution in [2.45, 2.75) is 33.3 Å². The van der Waals surface area contributed by atoms with Gasteiger partial charge in [0.25, 0.3) is 0 Å². The Morgan fingerprint density at radius 3 is 2.27 bits per heavy atom. The van der Waals surface area contributed by atoms with Gasteiger partial charge in [-0.15, -0.1) is 0 Å². The van der Waals surface area contributed by atoms with E-state index in [0.717, 1.165) is 5.56 Å². The van der Waals surface area contributed by atoms with Gasteiger partial charge in [0.2, 0.25) is 0 Å². The minimum absolute atomic E-state index is 0.140. The minimum Gasteiger partial charge on any atom is -0.376 e. The van der Waals surface area contributed by atoms with E-state index in [9.17, 15) is 4.79 Å². The van der Waals surface area contributed by atoms with E-state index in [-0.39, 0.29) is 5.78 Å². The largest absolute Gasteiger partial charge is 0.376 e. The first kappa shape index (κ1) is 15.0. The average molecular weight is 297 g/mol. The Morgan fingerprint density at radius 2 is 1.68 bits per heavy atom. The highest BCUT2D eigenvalue weighted by Crippen LogP contribution is 2.28. The van der Waals surface area contributed by atoms with Crippen LogP contribution in [0.3, 0.4) is 0 Å². The molecule has 0 aliphatic heterocycles. The van der Waals surface area contributed by atoms with E-state index >= 15 is 0 Å². The van der Waals surface area contributed by atoms with Gasteiger partial charge in [-0.3, -0.25) is 4.79 Å². The zero-order chi connectivity index (χ0) is 16.7. The monoisotopic (exact) mass is 297 g/mol. The first-order valence-electron chi connectivity index (χ1n) is 8.28. The van der Waals surface area contributed by atoms with Crippen molar-refractivity contribution in [2.24, 2.45) is 5.41 Å². The first-order chi connectivity index (χ1) is 11.1. The molecule has 2 nitrogen and oxygen atoms in total. The summed E-state index contributed by atoms with van der Waals surface area (Å²) in [6.07, 6.45) is -0.111. The van der Waals surface area contributed by atoms with Crippen molar-refractivity contribution in [3.05, 3.63) is 71.8 Å². The fourth-order valence-corrected chi connectivity index (χ4v) is 2.22. The van der Waals surface area contributed by atoms with E-state index in [1.54, 1.807) is 12.1 Å². The van der Waals surface area contributed by atoms with Crippen LogP contribution in [-0.4, -0.2) is 12.4 Å². The molecule has 2 atom stereocenters. The summed E-state index contributed by atoms with van der Waals surface area (Å²) < 4.78 is 14.2. The van der Waals surface area contributed by atoms with Gasteiger partial charge in [-0.05, 0) is 17.4 Å². The van der Waals surface area contributed by atoms with Gasteiger partial charge < -0.3 is 4.74 Å². The lowest BCUT2D eigenvalue weighted by atomic mass is 9.82. The summed E-state index contributed by atoms with van der Waals surface area (Å²) in [6, 6.07) is 19.0. The van der Waals surface area contributed by atoms with Gasteiger partial charge in [0, 0.05) is 13.3 Å². The van der Waals surface area contributed by atoms with Crippen LogP contribution in [0.2, 0.25) is 0 Å². The molecule has 2 aromatic rings. The smallest absolute Gasteiger partial charge is 0.163 e. The SMILES string of the molecule is [2H][C@@H](C(=O)c1ccccc1)[C@@](C)(CC)COCc1ccccc1. The van der Waals surface area contributed by atoms with Crippen molar-refractivity contribution in [1.29, 1.82) is 0 Å². The fourth-order valence-electron chi connectivity index (χ4n) is 2.22. The Bertz CT molecular complexity index is 612. The second-order valence-electron chi connectivity index (χ2n) is 5.86. The van der Waals surface area contributed by atoms with E-state index in [2.05, 4.69) is 0 Å². The van der Waals surface area contributed by atoms with Crippen molar-refractivity contribution in [2.75, 3.05) is 6.61 Å². The molecular weight excluding hydrogens is 272 g/mol. The number of rotatable bonds is 8. The molecule has 116 valence electrons. The van der Waals surface area contributed by atoms with Gasteiger partial charge >= 0.3 is 0 Å². The summed E-state index contributed by atoms with van der Waals surface area (Å²) >= 11 is 0. The molecule has 0 saturated heterocycles. The maximum Gasteiger partial charge on any atom is 0.163 e. The van der Waals surface area contributed by atoms with Crippen LogP contribution in [0, 0.1) is 5.41 Å². The highest BCUT2D eigenvalue weighted by atomic mass is 16.5. The number of Topliss-reactive ketones (excluding diaryl/α,β-unsaturated/α-hetero) is 1. The van der Waals surface area contributed by atoms with Crippen LogP contribution in [0.4, 0.5) is 0 Å². The molecule has 2 rings (SSSR count). The summed E-state index contributed by atoms with van der Waals surface area (Å²) in [6.45, 7) is 4.86. The third-order valence-electron chi connectivity index (χ3n) is 3.89. The number of benzene rings is 2. The molecule has 0 fully saturated rings. The molecule has 0 aliphatic carbocycles. The van der Waals surface area contributed by atoms with Gasteiger partial charge in [-0.2, -0.15) is 0 Å². The number of ether oxygens (including phenoxy) is 1. The van der Waals surface area contributed by atoms with Crippen LogP contribution in [0.5, 0.6) is 0 Å². The highest BCUT2D eigenvalue weighted by Gasteiger charge is 2.26. The van der Waals surface area contributed by atoms with Gasteiger partial charge in [-0.1, -0.05) is 74.5 Å². The second-order valence-corrected chi connectivity index (χ2v) is 5.86. The molecule has 0 spiro atoms. The molecule has 2 aromatic carbocycles. The lowest BCUT2D eigenvalue weighted by Crippen LogP contribution is -2.26. The normalized spacial score (nSPS) is 15.6. The number of carbonyl (C=O) groups is 1. The molecule has 22 heavy (non-hydrogen) atoms. The molecule has 0 saturated carbocycles. The summed E-state index contributed by atoms with van der Waals surface area (Å²) in [5.74, 6) is -0.140. The standard InChI is InChI=1S/C20H24O2/c1-3-20(2,14-19(21)18-12-8-5-9-13-18)16-22-15-17-10-6-4-7-11-17/h4-13H,3,14-16H2,1-2H3/t20-/m1/s1/i14D/t14-,20+/m0. The molecule has 0 bridgehead atoms. The Balaban J connectivity index is 1.99. The van der Waals surface area contributed by atoms with Crippen molar-refractivity contribution < 1.29 is 10.9 Å². The molecule has 0 unspecified atom stereocenters. The van der Waals surface area contributed by atoms with Crippen LogP contribution in [0.1, 0.15) is 44.0 Å². The highest BCUT2D eigenvalue weighted by molar-refractivity contribution is 5.96. The van der Waals surface area contributed by atoms with Crippen molar-refractivity contribution >= 4 is 5.78 Å². The number of hydrogen-bond acceptors (Lipinski definition) is 2. The van der Waals surface area contributed by atoms with Crippen LogP contribution in [-0.2, 0) is 11.3 Å². The lowest BCUT2D eigenvalue weighted by Gasteiger charge is -2.27. The Hall–Kier alpha value is -1.93. The molecule has 0 amide bonds. The van der Waals surface area contributed by atoms with Crippen LogP contribution in [0.15, 0.2) is 60.7 Å². The molecule has 0 aromatic heterocycles.